The van der Waals surface area contributed by atoms with E-state index in [0.29, 0.717) is 0 Å². The van der Waals surface area contributed by atoms with E-state index < -0.39 is 29.9 Å². The van der Waals surface area contributed by atoms with Gasteiger partial charge >= 0.3 is 6.03 Å². The number of carbonyl (C=O) groups is 3. The summed E-state index contributed by atoms with van der Waals surface area (Å²) in [5.41, 5.74) is 5.00. The molecule has 0 aliphatic heterocycles. The second-order valence-electron chi connectivity index (χ2n) is 3.08. The molecule has 86 valence electrons. The molecule has 0 saturated heterocycles. The Morgan fingerprint density at radius 1 is 1.13 bits per heavy atom. The summed E-state index contributed by atoms with van der Waals surface area (Å²) >= 11 is 0. The van der Waals surface area contributed by atoms with E-state index in [9.17, 15) is 14.4 Å². The lowest BCUT2D eigenvalue weighted by Gasteiger charge is -2.16. The topological polar surface area (TPSA) is 113 Å². The fraction of sp³-hybridized carbons (Fsp3) is 0.625. The summed E-state index contributed by atoms with van der Waals surface area (Å²) in [4.78, 5) is 32.8. The van der Waals surface area contributed by atoms with Gasteiger partial charge in [-0.1, -0.05) is 0 Å². The van der Waals surface area contributed by atoms with Crippen molar-refractivity contribution in [2.24, 2.45) is 5.73 Å². The van der Waals surface area contributed by atoms with Crippen molar-refractivity contribution in [2.45, 2.75) is 25.9 Å². The van der Waals surface area contributed by atoms with Crippen LogP contribution in [0.25, 0.3) is 0 Å². The molecule has 5 N–H and O–H groups in total. The minimum Gasteiger partial charge on any atom is -0.368 e. The van der Waals surface area contributed by atoms with E-state index in [1.165, 1.54) is 20.9 Å². The number of nitrogens with two attached hydrogens (primary N) is 1. The number of imide groups is 1. The molecule has 15 heavy (non-hydrogen) atoms. The number of primary amides is 1. The monoisotopic (exact) mass is 216 g/mol. The normalized spacial score (nSPS) is 13.8. The van der Waals surface area contributed by atoms with Crippen molar-refractivity contribution >= 4 is 17.8 Å². The Morgan fingerprint density at radius 3 is 2.07 bits per heavy atom. The first-order valence-electron chi connectivity index (χ1n) is 4.46. The Bertz CT molecular complexity index is 267. The van der Waals surface area contributed by atoms with E-state index in [1.807, 2.05) is 0 Å². The molecule has 0 saturated carbocycles. The Hall–Kier alpha value is -1.63. The van der Waals surface area contributed by atoms with Crippen LogP contribution in [0.3, 0.4) is 0 Å². The van der Waals surface area contributed by atoms with Gasteiger partial charge in [0.15, 0.2) is 0 Å². The van der Waals surface area contributed by atoms with Crippen LogP contribution >= 0.6 is 0 Å². The number of carbonyl (C=O) groups excluding carboxylic acids is 3. The predicted octanol–water partition coefficient (Wildman–Crippen LogP) is -1.71. The molecule has 0 aromatic heterocycles. The molecular weight excluding hydrogens is 200 g/mol. The van der Waals surface area contributed by atoms with Crippen LogP contribution in [0, 0.1) is 0 Å². The summed E-state index contributed by atoms with van der Waals surface area (Å²) < 4.78 is 0. The van der Waals surface area contributed by atoms with Gasteiger partial charge in [0, 0.05) is 7.05 Å². The summed E-state index contributed by atoms with van der Waals surface area (Å²) in [6, 6.07) is -1.90. The van der Waals surface area contributed by atoms with Crippen molar-refractivity contribution in [1.29, 1.82) is 0 Å². The zero-order valence-electron chi connectivity index (χ0n) is 8.96. The molecular formula is C8H16N4O3. The van der Waals surface area contributed by atoms with Crippen molar-refractivity contribution in [1.82, 2.24) is 16.0 Å². The fourth-order valence-electron chi connectivity index (χ4n) is 0.815. The van der Waals surface area contributed by atoms with E-state index in [4.69, 9.17) is 5.73 Å². The highest BCUT2D eigenvalue weighted by Gasteiger charge is 2.19. The number of nitrogens with one attached hydrogen (secondary N) is 3. The highest BCUT2D eigenvalue weighted by atomic mass is 16.2. The summed E-state index contributed by atoms with van der Waals surface area (Å²) in [6.45, 7) is 3.06. The van der Waals surface area contributed by atoms with E-state index in [0.717, 1.165) is 0 Å². The Labute approximate surface area is 87.8 Å². The molecule has 0 aliphatic carbocycles. The van der Waals surface area contributed by atoms with Crippen molar-refractivity contribution in [3.05, 3.63) is 0 Å². The fourth-order valence-corrected chi connectivity index (χ4v) is 0.815. The van der Waals surface area contributed by atoms with E-state index >= 15 is 0 Å². The average Bonchev–Trinajstić information content (AvgIpc) is 2.16. The minimum atomic E-state index is -0.676. The van der Waals surface area contributed by atoms with Crippen LogP contribution in [0.4, 0.5) is 4.79 Å². The van der Waals surface area contributed by atoms with Gasteiger partial charge in [-0.05, 0) is 13.8 Å². The summed E-state index contributed by atoms with van der Waals surface area (Å²) in [6.07, 6.45) is 0. The minimum absolute atomic E-state index is 0.526. The van der Waals surface area contributed by atoms with Crippen LogP contribution in [0.15, 0.2) is 0 Å². The number of hydrogen-bond donors (Lipinski definition) is 4. The van der Waals surface area contributed by atoms with Crippen LogP contribution in [-0.4, -0.2) is 37.0 Å². The molecule has 0 heterocycles. The van der Waals surface area contributed by atoms with E-state index in [-0.39, 0.29) is 0 Å². The number of urea groups is 1. The maximum absolute atomic E-state index is 11.3. The third kappa shape index (κ3) is 4.96. The third-order valence-electron chi connectivity index (χ3n) is 1.78. The lowest BCUT2D eigenvalue weighted by molar-refractivity contribution is -0.123. The first kappa shape index (κ1) is 13.4. The van der Waals surface area contributed by atoms with Crippen LogP contribution in [0.1, 0.15) is 13.8 Å². The zero-order valence-corrected chi connectivity index (χ0v) is 8.96. The van der Waals surface area contributed by atoms with Gasteiger partial charge < -0.3 is 11.1 Å². The zero-order chi connectivity index (χ0) is 12.0. The third-order valence-corrected chi connectivity index (χ3v) is 1.78. The lowest BCUT2D eigenvalue weighted by Crippen LogP contribution is -2.52. The van der Waals surface area contributed by atoms with E-state index in [1.54, 1.807) is 0 Å². The smallest absolute Gasteiger partial charge is 0.321 e. The van der Waals surface area contributed by atoms with Gasteiger partial charge in [-0.15, -0.1) is 0 Å². The van der Waals surface area contributed by atoms with Gasteiger partial charge in [-0.2, -0.15) is 0 Å². The van der Waals surface area contributed by atoms with Gasteiger partial charge in [-0.3, -0.25) is 20.2 Å². The van der Waals surface area contributed by atoms with Gasteiger partial charge in [0.1, 0.15) is 0 Å². The molecule has 0 spiro atoms. The molecule has 0 radical (unpaired) electrons. The molecule has 7 nitrogen and oxygen atoms in total. The van der Waals surface area contributed by atoms with Crippen LogP contribution < -0.4 is 21.7 Å². The van der Waals surface area contributed by atoms with Crippen molar-refractivity contribution in [3.63, 3.8) is 0 Å². The highest BCUT2D eigenvalue weighted by Crippen LogP contribution is 1.87. The van der Waals surface area contributed by atoms with Gasteiger partial charge in [-0.25, -0.2) is 4.79 Å². The van der Waals surface area contributed by atoms with Gasteiger partial charge in [0.2, 0.25) is 11.8 Å². The van der Waals surface area contributed by atoms with Crippen LogP contribution in [0.5, 0.6) is 0 Å². The molecule has 0 aliphatic rings. The lowest BCUT2D eigenvalue weighted by atomic mass is 10.2. The predicted molar refractivity (Wildman–Crippen MR) is 53.9 cm³/mol. The second-order valence-corrected chi connectivity index (χ2v) is 3.08. The molecule has 4 amide bonds. The standard InChI is InChI=1S/C8H16N4O3/c1-4(6(9)13)11-5(2)7(14)12-8(15)10-3/h4-5,11H,1-3H3,(H2,9,13)(H2,10,12,14,15). The number of hydrogen-bond acceptors (Lipinski definition) is 4. The summed E-state index contributed by atoms with van der Waals surface area (Å²) in [7, 11) is 1.40. The molecule has 7 heteroatoms. The molecule has 2 unspecified atom stereocenters. The van der Waals surface area contributed by atoms with E-state index in [2.05, 4.69) is 16.0 Å². The molecule has 0 aromatic rings. The Morgan fingerprint density at radius 2 is 1.67 bits per heavy atom. The van der Waals surface area contributed by atoms with Crippen molar-refractivity contribution < 1.29 is 14.4 Å². The maximum atomic E-state index is 11.3. The maximum Gasteiger partial charge on any atom is 0.321 e. The number of amides is 4. The SMILES string of the molecule is CNC(=O)NC(=O)C(C)NC(C)C(N)=O. The largest absolute Gasteiger partial charge is 0.368 e. The first-order valence-corrected chi connectivity index (χ1v) is 4.46. The highest BCUT2D eigenvalue weighted by molar-refractivity contribution is 5.97. The second kappa shape index (κ2) is 5.97. The molecule has 0 aromatic carbocycles. The Kier molecular flexibility index (Phi) is 5.32. The van der Waals surface area contributed by atoms with Crippen LogP contribution in [0.2, 0.25) is 0 Å². The molecule has 0 bridgehead atoms. The van der Waals surface area contributed by atoms with Gasteiger partial charge in [0.25, 0.3) is 0 Å². The molecule has 0 rings (SSSR count). The average molecular weight is 216 g/mol. The molecule has 2 atom stereocenters. The first-order chi connectivity index (χ1) is 6.88. The van der Waals surface area contributed by atoms with Crippen molar-refractivity contribution in [2.75, 3.05) is 7.05 Å². The van der Waals surface area contributed by atoms with Crippen molar-refractivity contribution in [3.8, 4) is 0 Å². The summed E-state index contributed by atoms with van der Waals surface area (Å²) in [5, 5.41) is 6.95. The Balaban J connectivity index is 4.10. The van der Waals surface area contributed by atoms with Gasteiger partial charge in [0.05, 0.1) is 12.1 Å². The van der Waals surface area contributed by atoms with Crippen LogP contribution in [-0.2, 0) is 9.59 Å². The molecule has 0 fully saturated rings. The number of rotatable bonds is 4. The summed E-state index contributed by atoms with van der Waals surface area (Å²) in [5.74, 6) is -1.09. The quantitative estimate of drug-likeness (QED) is 0.448.